The largest absolute Gasteiger partial charge is 0.377 e. The van der Waals surface area contributed by atoms with Crippen LogP contribution in [-0.2, 0) is 9.53 Å². The molecule has 0 bridgehead atoms. The maximum absolute atomic E-state index is 12.0. The predicted octanol–water partition coefficient (Wildman–Crippen LogP) is 1.05. The molecule has 1 saturated heterocycles. The Morgan fingerprint density at radius 3 is 2.88 bits per heavy atom. The summed E-state index contributed by atoms with van der Waals surface area (Å²) >= 11 is 0. The van der Waals surface area contributed by atoms with Crippen LogP contribution in [-0.4, -0.2) is 31.2 Å². The Morgan fingerprint density at radius 2 is 2.24 bits per heavy atom. The van der Waals surface area contributed by atoms with Gasteiger partial charge in [-0.2, -0.15) is 0 Å². The summed E-state index contributed by atoms with van der Waals surface area (Å²) in [5.41, 5.74) is 6.00. The van der Waals surface area contributed by atoms with Gasteiger partial charge in [0, 0.05) is 19.2 Å². The average Bonchev–Trinajstić information content (AvgIpc) is 2.94. The lowest BCUT2D eigenvalue weighted by Gasteiger charge is -2.20. The van der Waals surface area contributed by atoms with Crippen molar-refractivity contribution in [1.29, 1.82) is 0 Å². The fourth-order valence-electron chi connectivity index (χ4n) is 3.03. The minimum Gasteiger partial charge on any atom is -0.377 e. The van der Waals surface area contributed by atoms with Crippen molar-refractivity contribution in [3.8, 4) is 0 Å². The van der Waals surface area contributed by atoms with Crippen LogP contribution in [0.15, 0.2) is 0 Å². The standard InChI is InChI=1S/C13H24N2O2/c1-2-12-10(6-7-17-12)13(16)15-8-9-4-3-5-11(9)14/h9-12H,2-8,14H2,1H3,(H,15,16). The maximum Gasteiger partial charge on any atom is 0.225 e. The molecule has 3 N–H and O–H groups in total. The van der Waals surface area contributed by atoms with E-state index < -0.39 is 0 Å². The van der Waals surface area contributed by atoms with E-state index in [4.69, 9.17) is 10.5 Å². The van der Waals surface area contributed by atoms with Crippen molar-refractivity contribution in [2.75, 3.05) is 13.2 Å². The summed E-state index contributed by atoms with van der Waals surface area (Å²) in [5, 5.41) is 3.06. The van der Waals surface area contributed by atoms with E-state index in [1.807, 2.05) is 0 Å². The normalized spacial score (nSPS) is 37.3. The second kappa shape index (κ2) is 5.83. The molecule has 4 nitrogen and oxygen atoms in total. The van der Waals surface area contributed by atoms with Crippen LogP contribution in [0.25, 0.3) is 0 Å². The highest BCUT2D eigenvalue weighted by molar-refractivity contribution is 5.79. The summed E-state index contributed by atoms with van der Waals surface area (Å²) in [5.74, 6) is 0.687. The monoisotopic (exact) mass is 240 g/mol. The van der Waals surface area contributed by atoms with Crippen LogP contribution in [0.2, 0.25) is 0 Å². The third kappa shape index (κ3) is 2.99. The van der Waals surface area contributed by atoms with Crippen molar-refractivity contribution in [2.24, 2.45) is 17.6 Å². The molecular weight excluding hydrogens is 216 g/mol. The zero-order valence-electron chi connectivity index (χ0n) is 10.7. The lowest BCUT2D eigenvalue weighted by Crippen LogP contribution is -2.40. The van der Waals surface area contributed by atoms with Gasteiger partial charge in [0.1, 0.15) is 0 Å². The van der Waals surface area contributed by atoms with Crippen LogP contribution < -0.4 is 11.1 Å². The minimum absolute atomic E-state index is 0.0534. The molecule has 1 aliphatic heterocycles. The van der Waals surface area contributed by atoms with Crippen molar-refractivity contribution in [2.45, 2.75) is 51.2 Å². The minimum atomic E-state index is 0.0534. The third-order valence-corrected chi connectivity index (χ3v) is 4.21. The molecule has 4 atom stereocenters. The summed E-state index contributed by atoms with van der Waals surface area (Å²) in [6.07, 6.45) is 5.35. The van der Waals surface area contributed by atoms with Crippen molar-refractivity contribution in [3.63, 3.8) is 0 Å². The highest BCUT2D eigenvalue weighted by Gasteiger charge is 2.33. The average molecular weight is 240 g/mol. The second-order valence-corrected chi connectivity index (χ2v) is 5.31. The van der Waals surface area contributed by atoms with E-state index in [0.717, 1.165) is 38.8 Å². The molecule has 2 rings (SSSR count). The van der Waals surface area contributed by atoms with Gasteiger partial charge in [0.15, 0.2) is 0 Å². The molecule has 1 aliphatic carbocycles. The molecule has 0 aromatic heterocycles. The Balaban J connectivity index is 1.77. The summed E-state index contributed by atoms with van der Waals surface area (Å²) in [7, 11) is 0. The number of hydrogen-bond acceptors (Lipinski definition) is 3. The van der Waals surface area contributed by atoms with Gasteiger partial charge in [-0.05, 0) is 31.6 Å². The second-order valence-electron chi connectivity index (χ2n) is 5.31. The number of hydrogen-bond donors (Lipinski definition) is 2. The number of rotatable bonds is 4. The third-order valence-electron chi connectivity index (χ3n) is 4.21. The summed E-state index contributed by atoms with van der Waals surface area (Å²) < 4.78 is 5.54. The van der Waals surface area contributed by atoms with Crippen molar-refractivity contribution in [1.82, 2.24) is 5.32 Å². The molecule has 0 radical (unpaired) electrons. The van der Waals surface area contributed by atoms with Crippen LogP contribution in [0.1, 0.15) is 39.0 Å². The quantitative estimate of drug-likeness (QED) is 0.772. The molecule has 1 amide bonds. The first-order chi connectivity index (χ1) is 8.22. The number of ether oxygens (including phenoxy) is 1. The van der Waals surface area contributed by atoms with E-state index in [0.29, 0.717) is 5.92 Å². The summed E-state index contributed by atoms with van der Waals surface area (Å²) in [6, 6.07) is 0.275. The fraction of sp³-hybridized carbons (Fsp3) is 0.923. The van der Waals surface area contributed by atoms with Crippen LogP contribution >= 0.6 is 0 Å². The molecule has 1 saturated carbocycles. The van der Waals surface area contributed by atoms with E-state index in [9.17, 15) is 4.79 Å². The van der Waals surface area contributed by atoms with E-state index in [1.54, 1.807) is 0 Å². The molecule has 2 fully saturated rings. The van der Waals surface area contributed by atoms with Crippen LogP contribution in [0.5, 0.6) is 0 Å². The lowest BCUT2D eigenvalue weighted by atomic mass is 9.98. The Hall–Kier alpha value is -0.610. The zero-order chi connectivity index (χ0) is 12.3. The van der Waals surface area contributed by atoms with Gasteiger partial charge in [0.05, 0.1) is 12.0 Å². The Kier molecular flexibility index (Phi) is 4.40. The van der Waals surface area contributed by atoms with E-state index in [2.05, 4.69) is 12.2 Å². The van der Waals surface area contributed by atoms with Crippen LogP contribution in [0, 0.1) is 11.8 Å². The van der Waals surface area contributed by atoms with Gasteiger partial charge < -0.3 is 15.8 Å². The summed E-state index contributed by atoms with van der Waals surface area (Å²) in [4.78, 5) is 12.0. The first-order valence-corrected chi connectivity index (χ1v) is 6.87. The Labute approximate surface area is 103 Å². The zero-order valence-corrected chi connectivity index (χ0v) is 10.7. The van der Waals surface area contributed by atoms with Crippen molar-refractivity contribution in [3.05, 3.63) is 0 Å². The van der Waals surface area contributed by atoms with Gasteiger partial charge in [0.2, 0.25) is 5.91 Å². The predicted molar refractivity (Wildman–Crippen MR) is 66.5 cm³/mol. The molecule has 4 unspecified atom stereocenters. The van der Waals surface area contributed by atoms with Crippen molar-refractivity contribution >= 4 is 5.91 Å². The molecule has 98 valence electrons. The maximum atomic E-state index is 12.0. The van der Waals surface area contributed by atoms with E-state index >= 15 is 0 Å². The molecule has 0 aromatic carbocycles. The van der Waals surface area contributed by atoms with Gasteiger partial charge in [-0.1, -0.05) is 13.3 Å². The first kappa shape index (κ1) is 12.8. The number of amides is 1. The summed E-state index contributed by atoms with van der Waals surface area (Å²) in [6.45, 7) is 3.54. The molecule has 1 heterocycles. The van der Waals surface area contributed by atoms with Crippen LogP contribution in [0.4, 0.5) is 0 Å². The Bertz CT molecular complexity index is 270. The molecular formula is C13H24N2O2. The van der Waals surface area contributed by atoms with Crippen LogP contribution in [0.3, 0.4) is 0 Å². The number of carbonyl (C=O) groups is 1. The molecule has 0 spiro atoms. The highest BCUT2D eigenvalue weighted by Crippen LogP contribution is 2.25. The number of carbonyl (C=O) groups excluding carboxylic acids is 1. The fourth-order valence-corrected chi connectivity index (χ4v) is 3.03. The molecule has 4 heteroatoms. The van der Waals surface area contributed by atoms with Gasteiger partial charge in [-0.25, -0.2) is 0 Å². The topological polar surface area (TPSA) is 64.3 Å². The lowest BCUT2D eigenvalue weighted by molar-refractivity contribution is -0.126. The van der Waals surface area contributed by atoms with E-state index in [-0.39, 0.29) is 24.0 Å². The van der Waals surface area contributed by atoms with Gasteiger partial charge >= 0.3 is 0 Å². The smallest absolute Gasteiger partial charge is 0.225 e. The van der Waals surface area contributed by atoms with Gasteiger partial charge in [-0.3, -0.25) is 4.79 Å². The number of nitrogens with one attached hydrogen (secondary N) is 1. The Morgan fingerprint density at radius 1 is 1.41 bits per heavy atom. The van der Waals surface area contributed by atoms with Gasteiger partial charge in [0.25, 0.3) is 0 Å². The molecule has 0 aromatic rings. The molecule has 17 heavy (non-hydrogen) atoms. The van der Waals surface area contributed by atoms with Gasteiger partial charge in [-0.15, -0.1) is 0 Å². The molecule has 2 aliphatic rings. The SMILES string of the molecule is CCC1OCCC1C(=O)NCC1CCCC1N. The highest BCUT2D eigenvalue weighted by atomic mass is 16.5. The van der Waals surface area contributed by atoms with Crippen molar-refractivity contribution < 1.29 is 9.53 Å². The number of nitrogens with two attached hydrogens (primary N) is 1. The van der Waals surface area contributed by atoms with E-state index in [1.165, 1.54) is 6.42 Å². The first-order valence-electron chi connectivity index (χ1n) is 6.87.